The van der Waals surface area contributed by atoms with Gasteiger partial charge >= 0.3 is 0 Å². The Morgan fingerprint density at radius 1 is 1.24 bits per heavy atom. The molecule has 0 amide bonds. The molecular formula is C17H18N2O2. The molecule has 0 bridgehead atoms. The molecule has 0 saturated heterocycles. The van der Waals surface area contributed by atoms with E-state index in [1.807, 2.05) is 57.2 Å². The smallest absolute Gasteiger partial charge is 0.266 e. The lowest BCUT2D eigenvalue weighted by atomic mass is 9.89. The van der Waals surface area contributed by atoms with Gasteiger partial charge in [0, 0.05) is 16.7 Å². The first-order valence-corrected chi connectivity index (χ1v) is 6.69. The first-order chi connectivity index (χ1) is 9.86. The minimum Gasteiger partial charge on any atom is -0.497 e. The van der Waals surface area contributed by atoms with Crippen LogP contribution in [0, 0.1) is 11.3 Å². The summed E-state index contributed by atoms with van der Waals surface area (Å²) < 4.78 is 5.21. The highest BCUT2D eigenvalue weighted by Gasteiger charge is 2.19. The van der Waals surface area contributed by atoms with E-state index in [4.69, 9.17) is 4.74 Å². The van der Waals surface area contributed by atoms with Gasteiger partial charge in [-0.2, -0.15) is 5.26 Å². The van der Waals surface area contributed by atoms with Crippen LogP contribution in [0.1, 0.15) is 32.0 Å². The van der Waals surface area contributed by atoms with E-state index in [0.717, 1.165) is 11.3 Å². The molecule has 108 valence electrons. The predicted octanol–water partition coefficient (Wildman–Crippen LogP) is 3.22. The molecule has 0 saturated carbocycles. The number of methoxy groups -OCH3 is 1. The molecule has 1 aromatic heterocycles. The number of hydrogen-bond acceptors (Lipinski definition) is 3. The van der Waals surface area contributed by atoms with Crippen molar-refractivity contribution < 1.29 is 4.74 Å². The fourth-order valence-electron chi connectivity index (χ4n) is 2.09. The Balaban J connectivity index is 2.74. The number of pyridine rings is 1. The highest BCUT2D eigenvalue weighted by molar-refractivity contribution is 5.71. The summed E-state index contributed by atoms with van der Waals surface area (Å²) in [7, 11) is 1.59. The molecule has 1 aromatic carbocycles. The fraction of sp³-hybridized carbons (Fsp3) is 0.294. The molecule has 2 rings (SSSR count). The van der Waals surface area contributed by atoms with E-state index < -0.39 is 0 Å². The number of nitriles is 1. The van der Waals surface area contributed by atoms with Gasteiger partial charge in [0.2, 0.25) is 0 Å². The highest BCUT2D eigenvalue weighted by Crippen LogP contribution is 2.28. The van der Waals surface area contributed by atoms with Gasteiger partial charge in [-0.1, -0.05) is 32.9 Å². The van der Waals surface area contributed by atoms with Gasteiger partial charge in [0.25, 0.3) is 5.56 Å². The molecule has 2 aromatic rings. The second-order valence-corrected chi connectivity index (χ2v) is 5.89. The predicted molar refractivity (Wildman–Crippen MR) is 82.5 cm³/mol. The van der Waals surface area contributed by atoms with Crippen molar-refractivity contribution in [3.05, 3.63) is 51.9 Å². The van der Waals surface area contributed by atoms with Gasteiger partial charge in [0.15, 0.2) is 0 Å². The molecule has 0 aliphatic rings. The van der Waals surface area contributed by atoms with Gasteiger partial charge in [-0.25, -0.2) is 0 Å². The third-order valence-corrected chi connectivity index (χ3v) is 3.33. The second-order valence-electron chi connectivity index (χ2n) is 5.89. The van der Waals surface area contributed by atoms with Crippen LogP contribution < -0.4 is 10.3 Å². The highest BCUT2D eigenvalue weighted by atomic mass is 16.5. The van der Waals surface area contributed by atoms with Gasteiger partial charge < -0.3 is 9.72 Å². The molecule has 0 unspecified atom stereocenters. The largest absolute Gasteiger partial charge is 0.497 e. The van der Waals surface area contributed by atoms with Crippen molar-refractivity contribution >= 4 is 0 Å². The van der Waals surface area contributed by atoms with Crippen LogP contribution in [-0.4, -0.2) is 12.1 Å². The Labute approximate surface area is 124 Å². The quantitative estimate of drug-likeness (QED) is 0.919. The summed E-state index contributed by atoms with van der Waals surface area (Å²) in [5.41, 5.74) is 1.77. The van der Waals surface area contributed by atoms with E-state index in [-0.39, 0.29) is 16.5 Å². The van der Waals surface area contributed by atoms with Crippen LogP contribution >= 0.6 is 0 Å². The monoisotopic (exact) mass is 282 g/mol. The molecule has 4 nitrogen and oxygen atoms in total. The summed E-state index contributed by atoms with van der Waals surface area (Å²) in [4.78, 5) is 15.0. The molecule has 1 N–H and O–H groups in total. The maximum Gasteiger partial charge on any atom is 0.266 e. The molecule has 0 aliphatic carbocycles. The number of H-pyrrole nitrogens is 1. The number of ether oxygens (including phenoxy) is 1. The van der Waals surface area contributed by atoms with E-state index in [0.29, 0.717) is 11.3 Å². The number of aromatic nitrogens is 1. The van der Waals surface area contributed by atoms with E-state index in [2.05, 4.69) is 4.98 Å². The molecule has 21 heavy (non-hydrogen) atoms. The van der Waals surface area contributed by atoms with Crippen molar-refractivity contribution in [2.45, 2.75) is 26.2 Å². The van der Waals surface area contributed by atoms with Gasteiger partial charge in [-0.3, -0.25) is 4.79 Å². The summed E-state index contributed by atoms with van der Waals surface area (Å²) in [5, 5.41) is 9.28. The summed E-state index contributed by atoms with van der Waals surface area (Å²) in [6.07, 6.45) is 0. The van der Waals surface area contributed by atoms with Gasteiger partial charge in [-0.05, 0) is 23.8 Å². The number of nitrogens with one attached hydrogen (secondary N) is 1. The molecule has 0 spiro atoms. The number of hydrogen-bond donors (Lipinski definition) is 1. The second kappa shape index (κ2) is 5.45. The van der Waals surface area contributed by atoms with Crippen LogP contribution in [0.4, 0.5) is 0 Å². The average Bonchev–Trinajstić information content (AvgIpc) is 2.45. The van der Waals surface area contributed by atoms with Crippen LogP contribution in [0.2, 0.25) is 0 Å². The maximum absolute atomic E-state index is 12.2. The van der Waals surface area contributed by atoms with Crippen LogP contribution in [0.5, 0.6) is 5.75 Å². The third-order valence-electron chi connectivity index (χ3n) is 3.33. The Bertz CT molecular complexity index is 762. The van der Waals surface area contributed by atoms with Crippen LogP contribution in [0.3, 0.4) is 0 Å². The SMILES string of the molecule is COc1cccc(-c2cc(C(C)(C)C)[nH]c(=O)c2C#N)c1. The van der Waals surface area contributed by atoms with Gasteiger partial charge in [0.05, 0.1) is 7.11 Å². The number of aromatic amines is 1. The van der Waals surface area contributed by atoms with Crippen LogP contribution in [-0.2, 0) is 5.41 Å². The minimum absolute atomic E-state index is 0.122. The first kappa shape index (κ1) is 14.9. The lowest BCUT2D eigenvalue weighted by Gasteiger charge is -2.20. The van der Waals surface area contributed by atoms with Crippen LogP contribution in [0.25, 0.3) is 11.1 Å². The van der Waals surface area contributed by atoms with E-state index in [1.54, 1.807) is 7.11 Å². The van der Waals surface area contributed by atoms with Crippen molar-refractivity contribution in [3.8, 4) is 22.9 Å². The fourth-order valence-corrected chi connectivity index (χ4v) is 2.09. The minimum atomic E-state index is -0.359. The summed E-state index contributed by atoms with van der Waals surface area (Å²) >= 11 is 0. The van der Waals surface area contributed by atoms with Gasteiger partial charge in [0.1, 0.15) is 17.4 Å². The maximum atomic E-state index is 12.2. The Morgan fingerprint density at radius 3 is 2.52 bits per heavy atom. The van der Waals surface area contributed by atoms with Crippen molar-refractivity contribution in [1.29, 1.82) is 5.26 Å². The lowest BCUT2D eigenvalue weighted by Crippen LogP contribution is -2.22. The number of nitrogens with zero attached hydrogens (tertiary/aromatic N) is 1. The zero-order valence-electron chi connectivity index (χ0n) is 12.7. The van der Waals surface area contributed by atoms with Crippen molar-refractivity contribution in [1.82, 2.24) is 4.98 Å². The molecular weight excluding hydrogens is 264 g/mol. The van der Waals surface area contributed by atoms with E-state index in [9.17, 15) is 10.1 Å². The van der Waals surface area contributed by atoms with Crippen LogP contribution in [0.15, 0.2) is 35.1 Å². The standard InChI is InChI=1S/C17H18N2O2/c1-17(2,3)15-9-13(14(10-18)16(20)19-15)11-6-5-7-12(8-11)21-4/h5-9H,1-4H3,(H,19,20). The third kappa shape index (κ3) is 2.97. The Morgan fingerprint density at radius 2 is 1.95 bits per heavy atom. The molecule has 4 heteroatoms. The Kier molecular flexibility index (Phi) is 3.86. The zero-order chi connectivity index (χ0) is 15.6. The topological polar surface area (TPSA) is 65.9 Å². The van der Waals surface area contributed by atoms with Crippen molar-refractivity contribution in [2.24, 2.45) is 0 Å². The van der Waals surface area contributed by atoms with Gasteiger partial charge in [-0.15, -0.1) is 0 Å². The zero-order valence-corrected chi connectivity index (χ0v) is 12.7. The molecule has 0 fully saturated rings. The summed E-state index contributed by atoms with van der Waals surface area (Å²) in [5.74, 6) is 0.689. The van der Waals surface area contributed by atoms with Crippen molar-refractivity contribution in [3.63, 3.8) is 0 Å². The Hall–Kier alpha value is -2.54. The summed E-state index contributed by atoms with van der Waals surface area (Å²) in [6.45, 7) is 6.04. The first-order valence-electron chi connectivity index (χ1n) is 6.69. The number of rotatable bonds is 2. The summed E-state index contributed by atoms with van der Waals surface area (Å²) in [6, 6.07) is 11.2. The molecule has 0 radical (unpaired) electrons. The van der Waals surface area contributed by atoms with Crippen molar-refractivity contribution in [2.75, 3.05) is 7.11 Å². The number of benzene rings is 1. The molecule has 1 heterocycles. The van der Waals surface area contributed by atoms with E-state index in [1.165, 1.54) is 0 Å². The lowest BCUT2D eigenvalue weighted by molar-refractivity contribution is 0.415. The average molecular weight is 282 g/mol. The molecule has 0 atom stereocenters. The normalized spacial score (nSPS) is 11.0. The van der Waals surface area contributed by atoms with E-state index >= 15 is 0 Å². The molecule has 0 aliphatic heterocycles.